The third-order valence-electron chi connectivity index (χ3n) is 4.81. The lowest BCUT2D eigenvalue weighted by molar-refractivity contribution is -0.129. The molecule has 0 aromatic heterocycles. The van der Waals surface area contributed by atoms with Gasteiger partial charge in [0.15, 0.2) is 17.2 Å². The predicted molar refractivity (Wildman–Crippen MR) is 141 cm³/mol. The van der Waals surface area contributed by atoms with E-state index in [9.17, 15) is 4.79 Å². The standard InChI is InChI=1S/C25H18BrClINO4/c1-31-22-13-16(11-19(26)23(22)32-10-9-15-5-3-2-4-6-15)12-21-25(30)33-24(29-21)18-14-17(28)7-8-20(18)27/h2-8,11-14H,9-10H2,1H3/b21-12-. The molecule has 0 atom stereocenters. The van der Waals surface area contributed by atoms with Crippen molar-refractivity contribution in [3.8, 4) is 11.5 Å². The summed E-state index contributed by atoms with van der Waals surface area (Å²) in [6.45, 7) is 0.496. The van der Waals surface area contributed by atoms with Crippen molar-refractivity contribution in [3.05, 3.63) is 96.1 Å². The molecule has 0 saturated heterocycles. The molecule has 0 N–H and O–H groups in total. The molecule has 0 radical (unpaired) electrons. The molecule has 168 valence electrons. The van der Waals surface area contributed by atoms with E-state index in [1.165, 1.54) is 5.56 Å². The lowest BCUT2D eigenvalue weighted by Crippen LogP contribution is -2.06. The lowest BCUT2D eigenvalue weighted by atomic mass is 10.1. The smallest absolute Gasteiger partial charge is 0.363 e. The van der Waals surface area contributed by atoms with E-state index in [0.29, 0.717) is 38.7 Å². The number of hydrogen-bond acceptors (Lipinski definition) is 5. The Bertz CT molecular complexity index is 1260. The fraction of sp³-hybridized carbons (Fsp3) is 0.120. The Morgan fingerprint density at radius 1 is 1.15 bits per heavy atom. The molecule has 8 heteroatoms. The number of methoxy groups -OCH3 is 1. The predicted octanol–water partition coefficient (Wildman–Crippen LogP) is 6.68. The van der Waals surface area contributed by atoms with Gasteiger partial charge in [-0.2, -0.15) is 0 Å². The van der Waals surface area contributed by atoms with Gasteiger partial charge in [-0.15, -0.1) is 0 Å². The zero-order chi connectivity index (χ0) is 23.4. The van der Waals surface area contributed by atoms with E-state index in [4.69, 9.17) is 25.8 Å². The van der Waals surface area contributed by atoms with Crippen LogP contribution in [0.2, 0.25) is 5.02 Å². The number of rotatable bonds is 7. The average molecular weight is 639 g/mol. The number of ether oxygens (including phenoxy) is 3. The molecule has 0 fully saturated rings. The summed E-state index contributed by atoms with van der Waals surface area (Å²) in [5.74, 6) is 0.778. The Morgan fingerprint density at radius 2 is 1.94 bits per heavy atom. The van der Waals surface area contributed by atoms with Crippen LogP contribution >= 0.6 is 50.1 Å². The second kappa shape index (κ2) is 10.7. The summed E-state index contributed by atoms with van der Waals surface area (Å²) in [6.07, 6.45) is 2.41. The summed E-state index contributed by atoms with van der Waals surface area (Å²) in [5.41, 5.74) is 2.64. The van der Waals surface area contributed by atoms with Crippen LogP contribution in [0.4, 0.5) is 0 Å². The first-order valence-corrected chi connectivity index (χ1v) is 12.2. The molecule has 33 heavy (non-hydrogen) atoms. The topological polar surface area (TPSA) is 57.1 Å². The van der Waals surface area contributed by atoms with Crippen LogP contribution in [0.15, 0.2) is 75.8 Å². The van der Waals surface area contributed by atoms with E-state index in [0.717, 1.165) is 9.99 Å². The number of cyclic esters (lactones) is 1. The summed E-state index contributed by atoms with van der Waals surface area (Å²) in [5, 5.41) is 0.463. The molecule has 3 aromatic carbocycles. The van der Waals surface area contributed by atoms with Gasteiger partial charge < -0.3 is 14.2 Å². The third-order valence-corrected chi connectivity index (χ3v) is 6.40. The molecular formula is C25H18BrClINO4. The quantitative estimate of drug-likeness (QED) is 0.165. The number of aliphatic imine (C=N–C) groups is 1. The normalized spacial score (nSPS) is 14.2. The first-order valence-electron chi connectivity index (χ1n) is 9.97. The van der Waals surface area contributed by atoms with Crippen LogP contribution in [0, 0.1) is 3.57 Å². The van der Waals surface area contributed by atoms with Crippen LogP contribution in [-0.4, -0.2) is 25.6 Å². The Balaban J connectivity index is 1.56. The van der Waals surface area contributed by atoms with Crippen molar-refractivity contribution in [2.24, 2.45) is 4.99 Å². The molecule has 1 aliphatic heterocycles. The number of nitrogens with zero attached hydrogens (tertiary/aromatic N) is 1. The van der Waals surface area contributed by atoms with Crippen LogP contribution in [-0.2, 0) is 16.0 Å². The van der Waals surface area contributed by atoms with Gasteiger partial charge >= 0.3 is 5.97 Å². The summed E-state index contributed by atoms with van der Waals surface area (Å²) in [7, 11) is 1.57. The number of benzene rings is 3. The van der Waals surface area contributed by atoms with Gasteiger partial charge in [0.2, 0.25) is 5.90 Å². The van der Waals surface area contributed by atoms with Crippen LogP contribution in [0.3, 0.4) is 0 Å². The van der Waals surface area contributed by atoms with Gasteiger partial charge in [-0.1, -0.05) is 41.9 Å². The van der Waals surface area contributed by atoms with E-state index >= 15 is 0 Å². The fourth-order valence-corrected chi connectivity index (χ4v) is 4.49. The molecule has 4 rings (SSSR count). The highest BCUT2D eigenvalue weighted by Gasteiger charge is 2.26. The monoisotopic (exact) mass is 637 g/mol. The first-order chi connectivity index (χ1) is 15.9. The lowest BCUT2D eigenvalue weighted by Gasteiger charge is -2.13. The van der Waals surface area contributed by atoms with Crippen molar-refractivity contribution in [3.63, 3.8) is 0 Å². The minimum Gasteiger partial charge on any atom is -0.493 e. The van der Waals surface area contributed by atoms with Gasteiger partial charge in [-0.3, -0.25) is 0 Å². The Hall–Kier alpha value is -2.36. The Morgan fingerprint density at radius 3 is 2.70 bits per heavy atom. The second-order valence-electron chi connectivity index (χ2n) is 7.08. The van der Waals surface area contributed by atoms with Crippen molar-refractivity contribution in [2.45, 2.75) is 6.42 Å². The van der Waals surface area contributed by atoms with Crippen molar-refractivity contribution >= 4 is 68.1 Å². The second-order valence-corrected chi connectivity index (χ2v) is 9.59. The highest BCUT2D eigenvalue weighted by Crippen LogP contribution is 2.38. The molecule has 0 spiro atoms. The van der Waals surface area contributed by atoms with Crippen molar-refractivity contribution in [1.29, 1.82) is 0 Å². The number of carbonyl (C=O) groups is 1. The minimum atomic E-state index is -0.543. The van der Waals surface area contributed by atoms with Crippen LogP contribution in [0.25, 0.3) is 6.08 Å². The maximum absolute atomic E-state index is 12.4. The maximum Gasteiger partial charge on any atom is 0.363 e. The van der Waals surface area contributed by atoms with Gasteiger partial charge in [0, 0.05) is 9.99 Å². The number of hydrogen-bond donors (Lipinski definition) is 0. The van der Waals surface area contributed by atoms with Crippen molar-refractivity contribution < 1.29 is 19.0 Å². The van der Waals surface area contributed by atoms with Gasteiger partial charge in [0.25, 0.3) is 0 Å². The van der Waals surface area contributed by atoms with Crippen LogP contribution in [0.5, 0.6) is 11.5 Å². The van der Waals surface area contributed by atoms with Gasteiger partial charge in [-0.05, 0) is 86.1 Å². The summed E-state index contributed by atoms with van der Waals surface area (Å²) < 4.78 is 18.5. The minimum absolute atomic E-state index is 0.173. The van der Waals surface area contributed by atoms with E-state index in [-0.39, 0.29) is 11.6 Å². The summed E-state index contributed by atoms with van der Waals surface area (Å²) in [4.78, 5) is 16.8. The number of esters is 1. The highest BCUT2D eigenvalue weighted by molar-refractivity contribution is 14.1. The molecule has 1 heterocycles. The Labute approximate surface area is 218 Å². The molecule has 0 amide bonds. The highest BCUT2D eigenvalue weighted by atomic mass is 127. The molecule has 0 bridgehead atoms. The van der Waals surface area contributed by atoms with E-state index in [1.807, 2.05) is 36.4 Å². The van der Waals surface area contributed by atoms with Gasteiger partial charge in [-0.25, -0.2) is 9.79 Å². The number of carbonyl (C=O) groups excluding carboxylic acids is 1. The molecule has 0 saturated carbocycles. The molecule has 1 aliphatic rings. The molecule has 5 nitrogen and oxygen atoms in total. The van der Waals surface area contributed by atoms with Crippen LogP contribution < -0.4 is 9.47 Å². The number of halogens is 3. The zero-order valence-corrected chi connectivity index (χ0v) is 22.0. The van der Waals surface area contributed by atoms with E-state index < -0.39 is 5.97 Å². The molecular weight excluding hydrogens is 621 g/mol. The summed E-state index contributed by atoms with van der Waals surface area (Å²) in [6, 6.07) is 19.2. The van der Waals surface area contributed by atoms with Gasteiger partial charge in [0.1, 0.15) is 0 Å². The third kappa shape index (κ3) is 5.77. The van der Waals surface area contributed by atoms with Gasteiger partial charge in [0.05, 0.1) is 28.8 Å². The summed E-state index contributed by atoms with van der Waals surface area (Å²) >= 11 is 12.0. The maximum atomic E-state index is 12.4. The zero-order valence-electron chi connectivity index (χ0n) is 17.5. The first kappa shape index (κ1) is 23.8. The largest absolute Gasteiger partial charge is 0.493 e. The fourth-order valence-electron chi connectivity index (χ4n) is 3.22. The van der Waals surface area contributed by atoms with Crippen molar-refractivity contribution in [1.82, 2.24) is 0 Å². The van der Waals surface area contributed by atoms with E-state index in [2.05, 4.69) is 55.6 Å². The van der Waals surface area contributed by atoms with Crippen LogP contribution in [0.1, 0.15) is 16.7 Å². The molecule has 0 unspecified atom stereocenters. The molecule has 3 aromatic rings. The molecule has 0 aliphatic carbocycles. The Kier molecular flexibility index (Phi) is 7.72. The van der Waals surface area contributed by atoms with E-state index in [1.54, 1.807) is 25.3 Å². The van der Waals surface area contributed by atoms with Crippen molar-refractivity contribution in [2.75, 3.05) is 13.7 Å². The SMILES string of the molecule is COc1cc(/C=C2\N=C(c3cc(I)ccc3Cl)OC2=O)cc(Br)c1OCCc1ccccc1. The average Bonchev–Trinajstić information content (AvgIpc) is 3.17.